The first-order valence-corrected chi connectivity index (χ1v) is 17.0. The van der Waals surface area contributed by atoms with Gasteiger partial charge < -0.3 is 10.2 Å². The maximum absolute atomic E-state index is 12.5. The average Bonchev–Trinajstić information content (AvgIpc) is 3.62. The topological polar surface area (TPSA) is 32.3 Å². The summed E-state index contributed by atoms with van der Waals surface area (Å²) in [4.78, 5) is 14.7. The number of carbonyl (C=O) groups is 1. The Morgan fingerprint density at radius 2 is 1.08 bits per heavy atom. The van der Waals surface area contributed by atoms with Gasteiger partial charge in [-0.25, -0.2) is 0 Å². The van der Waals surface area contributed by atoms with Crippen LogP contribution in [-0.2, 0) is 4.79 Å². The van der Waals surface area contributed by atoms with Gasteiger partial charge in [-0.1, -0.05) is 142 Å². The molecule has 0 unspecified atom stereocenters. The minimum atomic E-state index is 0.273. The van der Waals surface area contributed by atoms with Crippen LogP contribution in [0.1, 0.15) is 174 Å². The molecule has 0 bridgehead atoms. The van der Waals surface area contributed by atoms with Crippen LogP contribution >= 0.6 is 0 Å². The summed E-state index contributed by atoms with van der Waals surface area (Å²) in [6, 6.07) is 0.400. The Bertz CT molecular complexity index is 506. The SMILES string of the molecule is CCCCCCCCC[C@H](CCCCCCC[C@H]1C[C@@H]1CCCCCCCC)NC(=O)CCCN(C)C. The van der Waals surface area contributed by atoms with Gasteiger partial charge in [0.2, 0.25) is 5.91 Å². The van der Waals surface area contributed by atoms with E-state index in [1.54, 1.807) is 0 Å². The minimum absolute atomic E-state index is 0.273. The number of nitrogens with zero attached hydrogens (tertiary/aromatic N) is 1. The number of carbonyl (C=O) groups excluding carboxylic acids is 1. The fourth-order valence-electron chi connectivity index (χ4n) is 6.02. The maximum Gasteiger partial charge on any atom is 0.220 e. The number of rotatable bonds is 28. The van der Waals surface area contributed by atoms with Gasteiger partial charge in [0.05, 0.1) is 0 Å². The van der Waals surface area contributed by atoms with Crippen molar-refractivity contribution >= 4 is 5.91 Å². The molecule has 0 spiro atoms. The molecule has 220 valence electrons. The molecule has 1 saturated carbocycles. The lowest BCUT2D eigenvalue weighted by Crippen LogP contribution is -2.35. The van der Waals surface area contributed by atoms with Gasteiger partial charge in [-0.15, -0.1) is 0 Å². The second-order valence-corrected chi connectivity index (χ2v) is 12.7. The Morgan fingerprint density at radius 3 is 1.54 bits per heavy atom. The Balaban J connectivity index is 2.09. The van der Waals surface area contributed by atoms with Crippen molar-refractivity contribution in [1.82, 2.24) is 10.2 Å². The summed E-state index contributed by atoms with van der Waals surface area (Å²) in [7, 11) is 4.17. The van der Waals surface area contributed by atoms with Crippen molar-refractivity contribution < 1.29 is 4.79 Å². The van der Waals surface area contributed by atoms with Crippen LogP contribution < -0.4 is 5.32 Å². The first-order chi connectivity index (χ1) is 18.1. The highest BCUT2D eigenvalue weighted by atomic mass is 16.1. The first-order valence-electron chi connectivity index (χ1n) is 17.0. The normalized spacial score (nSPS) is 17.9. The van der Waals surface area contributed by atoms with Gasteiger partial charge in [0.25, 0.3) is 0 Å². The number of hydrogen-bond acceptors (Lipinski definition) is 2. The van der Waals surface area contributed by atoms with E-state index >= 15 is 0 Å². The number of nitrogens with one attached hydrogen (secondary N) is 1. The lowest BCUT2D eigenvalue weighted by Gasteiger charge is -2.19. The molecule has 0 aromatic rings. The van der Waals surface area contributed by atoms with E-state index in [1.165, 1.54) is 148 Å². The number of hydrogen-bond donors (Lipinski definition) is 1. The largest absolute Gasteiger partial charge is 0.353 e. The van der Waals surface area contributed by atoms with Gasteiger partial charge >= 0.3 is 0 Å². The molecule has 1 fully saturated rings. The first kappa shape index (κ1) is 34.5. The second kappa shape index (κ2) is 24.5. The lowest BCUT2D eigenvalue weighted by molar-refractivity contribution is -0.122. The number of unbranched alkanes of at least 4 members (excludes halogenated alkanes) is 15. The monoisotopic (exact) mass is 521 g/mol. The van der Waals surface area contributed by atoms with Crippen molar-refractivity contribution in [2.75, 3.05) is 20.6 Å². The molecule has 3 atom stereocenters. The molecule has 0 aliphatic heterocycles. The van der Waals surface area contributed by atoms with Gasteiger partial charge in [-0.05, 0) is 58.2 Å². The van der Waals surface area contributed by atoms with Gasteiger partial charge in [0.1, 0.15) is 0 Å². The van der Waals surface area contributed by atoms with E-state index in [2.05, 4.69) is 38.2 Å². The van der Waals surface area contributed by atoms with Crippen LogP contribution in [-0.4, -0.2) is 37.5 Å². The summed E-state index contributed by atoms with van der Waals surface area (Å²) in [5.74, 6) is 2.43. The molecule has 0 aromatic heterocycles. The molecule has 0 aromatic carbocycles. The van der Waals surface area contributed by atoms with E-state index in [1.807, 2.05) is 0 Å². The summed E-state index contributed by atoms with van der Waals surface area (Å²) in [6.07, 6.45) is 33.5. The van der Waals surface area contributed by atoms with Crippen molar-refractivity contribution in [3.05, 3.63) is 0 Å². The van der Waals surface area contributed by atoms with E-state index in [0.717, 1.165) is 24.8 Å². The summed E-state index contributed by atoms with van der Waals surface area (Å²) in [5, 5.41) is 3.41. The van der Waals surface area contributed by atoms with Crippen LogP contribution in [0, 0.1) is 11.8 Å². The Kier molecular flexibility index (Phi) is 22.8. The van der Waals surface area contributed by atoms with Gasteiger partial charge in [0.15, 0.2) is 0 Å². The highest BCUT2D eigenvalue weighted by Gasteiger charge is 2.34. The highest BCUT2D eigenvalue weighted by Crippen LogP contribution is 2.45. The van der Waals surface area contributed by atoms with Crippen LogP contribution in [0.2, 0.25) is 0 Å². The van der Waals surface area contributed by atoms with Crippen LogP contribution in [0.15, 0.2) is 0 Å². The van der Waals surface area contributed by atoms with E-state index in [9.17, 15) is 4.79 Å². The third-order valence-electron chi connectivity index (χ3n) is 8.66. The summed E-state index contributed by atoms with van der Waals surface area (Å²) in [6.45, 7) is 5.58. The van der Waals surface area contributed by atoms with Gasteiger partial charge in [-0.3, -0.25) is 4.79 Å². The molecule has 37 heavy (non-hydrogen) atoms. The highest BCUT2D eigenvalue weighted by molar-refractivity contribution is 5.76. The Morgan fingerprint density at radius 1 is 0.649 bits per heavy atom. The molecule has 0 saturated heterocycles. The maximum atomic E-state index is 12.5. The molecular formula is C34H68N2O. The molecule has 0 radical (unpaired) electrons. The molecule has 1 N–H and O–H groups in total. The summed E-state index contributed by atoms with van der Waals surface area (Å²) in [5.41, 5.74) is 0. The predicted octanol–water partition coefficient (Wildman–Crippen LogP) is 10.1. The van der Waals surface area contributed by atoms with Gasteiger partial charge in [0, 0.05) is 12.5 Å². The molecule has 1 amide bonds. The lowest BCUT2D eigenvalue weighted by atomic mass is 9.99. The van der Waals surface area contributed by atoms with Crippen LogP contribution in [0.3, 0.4) is 0 Å². The standard InChI is InChI=1S/C34H68N2O/c1-5-7-9-11-13-17-21-26-33(35-34(37)28-23-29-36(3)4)27-22-18-14-16-20-25-32-30-31(32)24-19-15-12-10-8-6-2/h31-33H,5-30H2,1-4H3,(H,35,37)/t31-,32-,33+/m0/s1. The Hall–Kier alpha value is -0.570. The zero-order valence-corrected chi connectivity index (χ0v) is 26.0. The van der Waals surface area contributed by atoms with Crippen LogP contribution in [0.5, 0.6) is 0 Å². The van der Waals surface area contributed by atoms with Crippen molar-refractivity contribution in [2.45, 2.75) is 180 Å². The van der Waals surface area contributed by atoms with Crippen molar-refractivity contribution in [1.29, 1.82) is 0 Å². The number of amides is 1. The average molecular weight is 521 g/mol. The predicted molar refractivity (Wildman–Crippen MR) is 164 cm³/mol. The van der Waals surface area contributed by atoms with E-state index in [4.69, 9.17) is 0 Å². The molecule has 3 nitrogen and oxygen atoms in total. The second-order valence-electron chi connectivity index (χ2n) is 12.7. The fraction of sp³-hybridized carbons (Fsp3) is 0.971. The molecule has 0 heterocycles. The third-order valence-corrected chi connectivity index (χ3v) is 8.66. The molecule has 3 heteroatoms. The molecular weight excluding hydrogens is 452 g/mol. The van der Waals surface area contributed by atoms with Gasteiger partial charge in [-0.2, -0.15) is 0 Å². The summed E-state index contributed by atoms with van der Waals surface area (Å²) < 4.78 is 0. The smallest absolute Gasteiger partial charge is 0.220 e. The zero-order chi connectivity index (χ0) is 27.0. The van der Waals surface area contributed by atoms with Crippen LogP contribution in [0.25, 0.3) is 0 Å². The summed E-state index contributed by atoms with van der Waals surface area (Å²) >= 11 is 0. The van der Waals surface area contributed by atoms with Crippen LogP contribution in [0.4, 0.5) is 0 Å². The van der Waals surface area contributed by atoms with E-state index in [0.29, 0.717) is 12.5 Å². The van der Waals surface area contributed by atoms with Crippen molar-refractivity contribution in [3.8, 4) is 0 Å². The Labute approximate surface area is 233 Å². The van der Waals surface area contributed by atoms with E-state index < -0.39 is 0 Å². The third kappa shape index (κ3) is 22.0. The zero-order valence-electron chi connectivity index (χ0n) is 26.0. The van der Waals surface area contributed by atoms with Crippen molar-refractivity contribution in [2.24, 2.45) is 11.8 Å². The minimum Gasteiger partial charge on any atom is -0.353 e. The fourth-order valence-corrected chi connectivity index (χ4v) is 6.02. The molecule has 1 aliphatic carbocycles. The molecule has 1 rings (SSSR count). The molecule has 1 aliphatic rings. The van der Waals surface area contributed by atoms with E-state index in [-0.39, 0.29) is 5.91 Å². The van der Waals surface area contributed by atoms with Crippen molar-refractivity contribution in [3.63, 3.8) is 0 Å². The quantitative estimate of drug-likeness (QED) is 0.104.